The average Bonchev–Trinajstić information content (AvgIpc) is 3.00. The molecule has 1 amide bonds. The summed E-state index contributed by atoms with van der Waals surface area (Å²) in [4.78, 5) is 14.1. The second-order valence-corrected chi connectivity index (χ2v) is 6.49. The van der Waals surface area contributed by atoms with Crippen molar-refractivity contribution >= 4 is 27.5 Å². The maximum absolute atomic E-state index is 12.2. The number of amides is 1. The minimum Gasteiger partial charge on any atom is -0.351 e. The number of rotatable bonds is 3. The molecular formula is C14H20N4OS. The lowest BCUT2D eigenvalue weighted by Gasteiger charge is -2.22. The van der Waals surface area contributed by atoms with Crippen molar-refractivity contribution in [3.8, 4) is 0 Å². The largest absolute Gasteiger partial charge is 0.351 e. The molecule has 2 N–H and O–H groups in total. The smallest absolute Gasteiger partial charge is 0.261 e. The summed E-state index contributed by atoms with van der Waals surface area (Å²) in [6, 6.07) is 1.96. The van der Waals surface area contributed by atoms with Gasteiger partial charge in [0.2, 0.25) is 0 Å². The van der Waals surface area contributed by atoms with Crippen LogP contribution in [0.2, 0.25) is 0 Å². The first-order valence-corrected chi connectivity index (χ1v) is 7.89. The molecule has 1 unspecified atom stereocenters. The molecule has 108 valence electrons. The molecule has 0 aliphatic carbocycles. The molecule has 1 aliphatic heterocycles. The highest BCUT2D eigenvalue weighted by atomic mass is 32.1. The number of piperidine rings is 1. The molecule has 2 aromatic heterocycles. The van der Waals surface area contributed by atoms with Gasteiger partial charge in [-0.2, -0.15) is 5.10 Å². The highest BCUT2D eigenvalue weighted by molar-refractivity contribution is 7.20. The van der Waals surface area contributed by atoms with Gasteiger partial charge in [-0.25, -0.2) is 0 Å². The summed E-state index contributed by atoms with van der Waals surface area (Å²) >= 11 is 1.51. The minimum atomic E-state index is 0.0381. The third-order valence-electron chi connectivity index (χ3n) is 3.87. The van der Waals surface area contributed by atoms with Gasteiger partial charge < -0.3 is 10.6 Å². The Morgan fingerprint density at radius 3 is 3.20 bits per heavy atom. The summed E-state index contributed by atoms with van der Waals surface area (Å²) in [5.41, 5.74) is 0.981. The molecular weight excluding hydrogens is 272 g/mol. The number of fused-ring (bicyclic) bond motifs is 1. The zero-order valence-corrected chi connectivity index (χ0v) is 12.7. The van der Waals surface area contributed by atoms with E-state index in [0.29, 0.717) is 5.92 Å². The van der Waals surface area contributed by atoms with E-state index in [0.717, 1.165) is 40.4 Å². The first-order valence-electron chi connectivity index (χ1n) is 7.07. The molecule has 1 saturated heterocycles. The molecule has 6 heteroatoms. The highest BCUT2D eigenvalue weighted by Gasteiger charge is 2.17. The van der Waals surface area contributed by atoms with Gasteiger partial charge in [-0.1, -0.05) is 0 Å². The summed E-state index contributed by atoms with van der Waals surface area (Å²) in [5.74, 6) is 0.599. The van der Waals surface area contributed by atoms with Crippen molar-refractivity contribution in [2.75, 3.05) is 19.6 Å². The Morgan fingerprint density at radius 1 is 1.65 bits per heavy atom. The van der Waals surface area contributed by atoms with Crippen molar-refractivity contribution in [3.63, 3.8) is 0 Å². The predicted octanol–water partition coefficient (Wildman–Crippen LogP) is 1.67. The van der Waals surface area contributed by atoms with E-state index in [4.69, 9.17) is 0 Å². The topological polar surface area (TPSA) is 59.0 Å². The van der Waals surface area contributed by atoms with Crippen LogP contribution in [0.4, 0.5) is 0 Å². The second-order valence-electron chi connectivity index (χ2n) is 5.46. The molecule has 3 heterocycles. The number of hydrogen-bond donors (Lipinski definition) is 2. The third kappa shape index (κ3) is 2.58. The lowest BCUT2D eigenvalue weighted by molar-refractivity contribution is 0.0949. The van der Waals surface area contributed by atoms with Crippen molar-refractivity contribution in [1.29, 1.82) is 0 Å². The standard InChI is InChI=1S/C14H20N4OS/c1-9-11-6-12(20-14(11)18(2)17-9)13(19)16-8-10-4-3-5-15-7-10/h6,10,15H,3-5,7-8H2,1-2H3,(H,16,19). The van der Waals surface area contributed by atoms with Crippen molar-refractivity contribution in [3.05, 3.63) is 16.6 Å². The van der Waals surface area contributed by atoms with Crippen LogP contribution < -0.4 is 10.6 Å². The molecule has 0 spiro atoms. The van der Waals surface area contributed by atoms with E-state index in [1.165, 1.54) is 24.2 Å². The number of thiophene rings is 1. The van der Waals surface area contributed by atoms with Gasteiger partial charge in [0.15, 0.2) is 0 Å². The molecule has 0 radical (unpaired) electrons. The normalized spacial score (nSPS) is 19.4. The maximum atomic E-state index is 12.2. The molecule has 1 fully saturated rings. The fourth-order valence-corrected chi connectivity index (χ4v) is 3.78. The van der Waals surface area contributed by atoms with Gasteiger partial charge >= 0.3 is 0 Å². The zero-order chi connectivity index (χ0) is 14.1. The fourth-order valence-electron chi connectivity index (χ4n) is 2.74. The van der Waals surface area contributed by atoms with E-state index >= 15 is 0 Å². The van der Waals surface area contributed by atoms with Crippen LogP contribution in [-0.4, -0.2) is 35.3 Å². The summed E-state index contributed by atoms with van der Waals surface area (Å²) in [6.07, 6.45) is 2.40. The van der Waals surface area contributed by atoms with E-state index in [1.54, 1.807) is 0 Å². The Labute approximate surface area is 122 Å². The molecule has 3 rings (SSSR count). The van der Waals surface area contributed by atoms with Crippen molar-refractivity contribution in [2.45, 2.75) is 19.8 Å². The van der Waals surface area contributed by atoms with Crippen LogP contribution in [0.1, 0.15) is 28.2 Å². The molecule has 20 heavy (non-hydrogen) atoms. The Hall–Kier alpha value is -1.40. The molecule has 1 aliphatic rings. The number of carbonyl (C=O) groups excluding carboxylic acids is 1. The van der Waals surface area contributed by atoms with Gasteiger partial charge in [-0.3, -0.25) is 9.48 Å². The van der Waals surface area contributed by atoms with Gasteiger partial charge in [0.1, 0.15) is 4.83 Å². The average molecular weight is 292 g/mol. The second kappa shape index (κ2) is 5.54. The van der Waals surface area contributed by atoms with Gasteiger partial charge in [0.05, 0.1) is 10.6 Å². The zero-order valence-electron chi connectivity index (χ0n) is 11.9. The summed E-state index contributed by atoms with van der Waals surface area (Å²) in [7, 11) is 1.92. The van der Waals surface area contributed by atoms with Crippen molar-refractivity contribution < 1.29 is 4.79 Å². The summed E-state index contributed by atoms with van der Waals surface area (Å²) in [5, 5.41) is 11.9. The van der Waals surface area contributed by atoms with Crippen LogP contribution in [0.5, 0.6) is 0 Å². The van der Waals surface area contributed by atoms with Gasteiger partial charge in [0, 0.05) is 19.0 Å². The Bertz CT molecular complexity index is 590. The number of aryl methyl sites for hydroxylation is 2. The van der Waals surface area contributed by atoms with Gasteiger partial charge in [-0.05, 0) is 44.8 Å². The number of aromatic nitrogens is 2. The van der Waals surface area contributed by atoms with Crippen LogP contribution in [0.25, 0.3) is 10.2 Å². The van der Waals surface area contributed by atoms with E-state index in [-0.39, 0.29) is 5.91 Å². The first kappa shape index (κ1) is 13.6. The first-order chi connectivity index (χ1) is 9.65. The van der Waals surface area contributed by atoms with Crippen LogP contribution in [0, 0.1) is 12.8 Å². The Kier molecular flexibility index (Phi) is 3.76. The minimum absolute atomic E-state index is 0.0381. The highest BCUT2D eigenvalue weighted by Crippen LogP contribution is 2.27. The van der Waals surface area contributed by atoms with Crippen molar-refractivity contribution in [1.82, 2.24) is 20.4 Å². The van der Waals surface area contributed by atoms with Gasteiger partial charge in [0.25, 0.3) is 5.91 Å². The molecule has 5 nitrogen and oxygen atoms in total. The SMILES string of the molecule is Cc1nn(C)c2sc(C(=O)NCC3CCCNC3)cc12. The lowest BCUT2D eigenvalue weighted by Crippen LogP contribution is -2.37. The Morgan fingerprint density at radius 2 is 2.50 bits per heavy atom. The monoisotopic (exact) mass is 292 g/mol. The number of hydrogen-bond acceptors (Lipinski definition) is 4. The van der Waals surface area contributed by atoms with Crippen LogP contribution in [-0.2, 0) is 7.05 Å². The molecule has 0 bridgehead atoms. The van der Waals surface area contributed by atoms with Crippen LogP contribution in [0.3, 0.4) is 0 Å². The quantitative estimate of drug-likeness (QED) is 0.905. The Balaban J connectivity index is 1.67. The van der Waals surface area contributed by atoms with E-state index in [1.807, 2.05) is 24.7 Å². The molecule has 0 aromatic carbocycles. The summed E-state index contributed by atoms with van der Waals surface area (Å²) < 4.78 is 1.84. The molecule has 1 atom stereocenters. The fraction of sp³-hybridized carbons (Fsp3) is 0.571. The van der Waals surface area contributed by atoms with E-state index in [2.05, 4.69) is 15.7 Å². The molecule has 0 saturated carbocycles. The number of nitrogens with zero attached hydrogens (tertiary/aromatic N) is 2. The number of nitrogens with one attached hydrogen (secondary N) is 2. The van der Waals surface area contributed by atoms with Gasteiger partial charge in [-0.15, -0.1) is 11.3 Å². The summed E-state index contributed by atoms with van der Waals surface area (Å²) in [6.45, 7) is 4.85. The van der Waals surface area contributed by atoms with E-state index < -0.39 is 0 Å². The predicted molar refractivity (Wildman–Crippen MR) is 81.3 cm³/mol. The van der Waals surface area contributed by atoms with Crippen molar-refractivity contribution in [2.24, 2.45) is 13.0 Å². The third-order valence-corrected chi connectivity index (χ3v) is 5.07. The maximum Gasteiger partial charge on any atom is 0.261 e. The molecule has 2 aromatic rings. The van der Waals surface area contributed by atoms with E-state index in [9.17, 15) is 4.79 Å². The number of carbonyl (C=O) groups is 1. The lowest BCUT2D eigenvalue weighted by atomic mass is 10.00. The van der Waals surface area contributed by atoms with Crippen LogP contribution >= 0.6 is 11.3 Å². The van der Waals surface area contributed by atoms with Crippen LogP contribution in [0.15, 0.2) is 6.07 Å².